The topological polar surface area (TPSA) is 0 Å². The lowest BCUT2D eigenvalue weighted by Crippen LogP contribution is -2.11. The summed E-state index contributed by atoms with van der Waals surface area (Å²) in [4.78, 5) is 0. The fourth-order valence-corrected chi connectivity index (χ4v) is 1.63. The van der Waals surface area contributed by atoms with Gasteiger partial charge in [-0.3, -0.25) is 0 Å². The predicted octanol–water partition coefficient (Wildman–Crippen LogP) is 4.87. The van der Waals surface area contributed by atoms with Gasteiger partial charge in [0.1, 0.15) is 5.83 Å². The molecular weight excluding hydrogens is 232 g/mol. The minimum absolute atomic E-state index is 0.131. The Bertz CT molecular complexity index is 394. The zero-order chi connectivity index (χ0) is 13.1. The smallest absolute Gasteiger partial charge is 0.207 e. The first kappa shape index (κ1) is 13.7. The zero-order valence-corrected chi connectivity index (χ0v) is 9.68. The van der Waals surface area contributed by atoms with Crippen molar-refractivity contribution in [3.63, 3.8) is 0 Å². The van der Waals surface area contributed by atoms with E-state index in [4.69, 9.17) is 0 Å². The molecule has 0 N–H and O–H groups in total. The second-order valence-corrected chi connectivity index (χ2v) is 3.94. The highest BCUT2D eigenvalue weighted by atomic mass is 19.4. The Morgan fingerprint density at radius 2 is 2.00 bits per heavy atom. The molecule has 1 atom stereocenters. The molecule has 0 aromatic rings. The van der Waals surface area contributed by atoms with E-state index < -0.39 is 17.6 Å². The van der Waals surface area contributed by atoms with Gasteiger partial charge in [-0.05, 0) is 30.9 Å². The van der Waals surface area contributed by atoms with E-state index in [0.29, 0.717) is 18.1 Å². The molecule has 0 nitrogen and oxygen atoms in total. The van der Waals surface area contributed by atoms with Gasteiger partial charge in [-0.1, -0.05) is 31.2 Å². The van der Waals surface area contributed by atoms with Crippen LogP contribution in [0.1, 0.15) is 20.3 Å². The standard InChI is InChI=1S/C13H14F4/c1-3-5-11-9(2)6-4-7-10(8-12(11)14)13(15,16)17/h3-5,7-9H,6H2,1-2H3/b5-3+,7-4?,10-8?,12-11?. The predicted molar refractivity (Wildman–Crippen MR) is 60.0 cm³/mol. The summed E-state index contributed by atoms with van der Waals surface area (Å²) in [6, 6.07) is 0. The molecule has 0 aromatic carbocycles. The molecule has 0 amide bonds. The molecule has 17 heavy (non-hydrogen) atoms. The normalized spacial score (nSPS) is 22.7. The summed E-state index contributed by atoms with van der Waals surface area (Å²) in [6.45, 7) is 3.49. The molecule has 94 valence electrons. The van der Waals surface area contributed by atoms with Gasteiger partial charge in [0.05, 0.1) is 5.57 Å². The lowest BCUT2D eigenvalue weighted by atomic mass is 9.93. The summed E-state index contributed by atoms with van der Waals surface area (Å²) in [5.41, 5.74) is -0.650. The Labute approximate surface area is 98.0 Å². The van der Waals surface area contributed by atoms with E-state index in [2.05, 4.69) is 0 Å². The zero-order valence-electron chi connectivity index (χ0n) is 9.68. The van der Waals surface area contributed by atoms with Crippen molar-refractivity contribution in [2.45, 2.75) is 26.4 Å². The number of halogens is 4. The van der Waals surface area contributed by atoms with Gasteiger partial charge in [0.2, 0.25) is 0 Å². The first-order valence-electron chi connectivity index (χ1n) is 5.34. The van der Waals surface area contributed by atoms with Gasteiger partial charge in [-0.25, -0.2) is 4.39 Å². The summed E-state index contributed by atoms with van der Waals surface area (Å²) in [5, 5.41) is 0. The quantitative estimate of drug-likeness (QED) is 0.579. The average molecular weight is 246 g/mol. The molecule has 0 heterocycles. The number of rotatable bonds is 1. The monoisotopic (exact) mass is 246 g/mol. The highest BCUT2D eigenvalue weighted by molar-refractivity contribution is 5.39. The molecule has 0 spiro atoms. The van der Waals surface area contributed by atoms with Crippen LogP contribution in [-0.2, 0) is 0 Å². The van der Waals surface area contributed by atoms with Crippen LogP contribution in [0.3, 0.4) is 0 Å². The molecule has 1 aliphatic rings. The maximum atomic E-state index is 13.7. The van der Waals surface area contributed by atoms with Crippen LogP contribution < -0.4 is 0 Å². The first-order chi connectivity index (χ1) is 7.86. The molecule has 0 aromatic heterocycles. The number of allylic oxidation sites excluding steroid dienone is 8. The molecule has 0 fully saturated rings. The summed E-state index contributed by atoms with van der Waals surface area (Å²) in [5.74, 6) is -0.944. The van der Waals surface area contributed by atoms with Crippen molar-refractivity contribution in [2.75, 3.05) is 0 Å². The average Bonchev–Trinajstić information content (AvgIpc) is 2.20. The fourth-order valence-electron chi connectivity index (χ4n) is 1.63. The highest BCUT2D eigenvalue weighted by Crippen LogP contribution is 2.32. The van der Waals surface area contributed by atoms with E-state index in [-0.39, 0.29) is 5.92 Å². The van der Waals surface area contributed by atoms with Crippen LogP contribution in [0, 0.1) is 5.92 Å². The van der Waals surface area contributed by atoms with Gasteiger partial charge >= 0.3 is 6.18 Å². The van der Waals surface area contributed by atoms with Crippen LogP contribution >= 0.6 is 0 Å². The van der Waals surface area contributed by atoms with E-state index in [9.17, 15) is 17.6 Å². The maximum absolute atomic E-state index is 13.7. The van der Waals surface area contributed by atoms with Gasteiger partial charge in [0.25, 0.3) is 0 Å². The van der Waals surface area contributed by atoms with E-state index >= 15 is 0 Å². The largest absolute Gasteiger partial charge is 0.416 e. The van der Waals surface area contributed by atoms with Gasteiger partial charge in [0, 0.05) is 0 Å². The molecule has 1 unspecified atom stereocenters. The van der Waals surface area contributed by atoms with Crippen molar-refractivity contribution in [3.05, 3.63) is 47.4 Å². The molecule has 0 saturated carbocycles. The van der Waals surface area contributed by atoms with E-state index in [1.54, 1.807) is 19.9 Å². The summed E-state index contributed by atoms with van der Waals surface area (Å²) in [6.07, 6.45) is 1.93. The highest BCUT2D eigenvalue weighted by Gasteiger charge is 2.32. The van der Waals surface area contributed by atoms with Crippen LogP contribution in [0.4, 0.5) is 17.6 Å². The van der Waals surface area contributed by atoms with E-state index in [0.717, 1.165) is 6.08 Å². The van der Waals surface area contributed by atoms with E-state index in [1.807, 2.05) is 0 Å². The molecule has 0 aliphatic heterocycles. The van der Waals surface area contributed by atoms with Crippen molar-refractivity contribution in [2.24, 2.45) is 5.92 Å². The summed E-state index contributed by atoms with van der Waals surface area (Å²) >= 11 is 0. The third-order valence-corrected chi connectivity index (χ3v) is 2.55. The summed E-state index contributed by atoms with van der Waals surface area (Å²) in [7, 11) is 0. The molecule has 4 heteroatoms. The Balaban J connectivity index is 3.26. The maximum Gasteiger partial charge on any atom is 0.416 e. The third-order valence-electron chi connectivity index (χ3n) is 2.55. The number of hydrogen-bond acceptors (Lipinski definition) is 0. The minimum Gasteiger partial charge on any atom is -0.207 e. The third kappa shape index (κ3) is 3.58. The Kier molecular flexibility index (Phi) is 4.32. The van der Waals surface area contributed by atoms with Crippen LogP contribution in [0.25, 0.3) is 0 Å². The lowest BCUT2D eigenvalue weighted by Gasteiger charge is -2.15. The van der Waals surface area contributed by atoms with Gasteiger partial charge < -0.3 is 0 Å². The van der Waals surface area contributed by atoms with Crippen LogP contribution in [-0.4, -0.2) is 6.18 Å². The Morgan fingerprint density at radius 3 is 2.53 bits per heavy atom. The molecule has 0 radical (unpaired) electrons. The second kappa shape index (κ2) is 5.34. The van der Waals surface area contributed by atoms with Crippen molar-refractivity contribution >= 4 is 0 Å². The number of hydrogen-bond donors (Lipinski definition) is 0. The van der Waals surface area contributed by atoms with Crippen molar-refractivity contribution in [1.82, 2.24) is 0 Å². The minimum atomic E-state index is -4.52. The van der Waals surface area contributed by atoms with Crippen molar-refractivity contribution in [3.8, 4) is 0 Å². The summed E-state index contributed by atoms with van der Waals surface area (Å²) < 4.78 is 51.3. The molecule has 0 bridgehead atoms. The van der Waals surface area contributed by atoms with Gasteiger partial charge in [-0.15, -0.1) is 0 Å². The van der Waals surface area contributed by atoms with Crippen LogP contribution in [0.5, 0.6) is 0 Å². The molecule has 1 aliphatic carbocycles. The molecular formula is C13H14F4. The van der Waals surface area contributed by atoms with Gasteiger partial charge in [-0.2, -0.15) is 13.2 Å². The molecule has 0 saturated heterocycles. The Hall–Kier alpha value is -1.32. The Morgan fingerprint density at radius 1 is 1.35 bits per heavy atom. The lowest BCUT2D eigenvalue weighted by molar-refractivity contribution is -0.0883. The number of alkyl halides is 3. The molecule has 1 rings (SSSR count). The van der Waals surface area contributed by atoms with Crippen LogP contribution in [0.15, 0.2) is 47.4 Å². The van der Waals surface area contributed by atoms with Gasteiger partial charge in [0.15, 0.2) is 0 Å². The van der Waals surface area contributed by atoms with Crippen LogP contribution in [0.2, 0.25) is 0 Å². The van der Waals surface area contributed by atoms with Crippen molar-refractivity contribution in [1.29, 1.82) is 0 Å². The van der Waals surface area contributed by atoms with Crippen molar-refractivity contribution < 1.29 is 17.6 Å². The first-order valence-corrected chi connectivity index (χ1v) is 5.34. The second-order valence-electron chi connectivity index (χ2n) is 3.94. The van der Waals surface area contributed by atoms with E-state index in [1.165, 1.54) is 12.2 Å². The SMILES string of the molecule is C/C=C/C1=C(F)C=C(C(F)(F)F)C=CCC1C. The fraction of sp³-hybridized carbons (Fsp3) is 0.385.